The Morgan fingerprint density at radius 1 is 1.20 bits per heavy atom. The van der Waals surface area contributed by atoms with Gasteiger partial charge in [-0.25, -0.2) is 0 Å². The van der Waals surface area contributed by atoms with Gasteiger partial charge < -0.3 is 10.3 Å². The van der Waals surface area contributed by atoms with Gasteiger partial charge in [0.05, 0.1) is 0 Å². The molecule has 2 N–H and O–H groups in total. The van der Waals surface area contributed by atoms with Crippen molar-refractivity contribution in [1.29, 1.82) is 0 Å². The van der Waals surface area contributed by atoms with Crippen LogP contribution in [0.1, 0.15) is 5.56 Å². The molecule has 0 saturated heterocycles. The van der Waals surface area contributed by atoms with Crippen LogP contribution in [0.3, 0.4) is 0 Å². The lowest BCUT2D eigenvalue weighted by Crippen LogP contribution is -1.98. The van der Waals surface area contributed by atoms with Gasteiger partial charge in [-0.15, -0.1) is 0 Å². The molecule has 0 radical (unpaired) electrons. The smallest absolute Gasteiger partial charge is 0.0498 e. The molecule has 2 aromatic rings. The lowest BCUT2D eigenvalue weighted by atomic mass is 10.3. The van der Waals surface area contributed by atoms with Gasteiger partial charge in [0.2, 0.25) is 0 Å². The van der Waals surface area contributed by atoms with Crippen LogP contribution in [0.15, 0.2) is 45.6 Å². The quantitative estimate of drug-likeness (QED) is 0.869. The number of nitrogens with one attached hydrogen (secondary N) is 2. The van der Waals surface area contributed by atoms with Crippen molar-refractivity contribution in [2.75, 3.05) is 5.32 Å². The van der Waals surface area contributed by atoms with Gasteiger partial charge in [0.1, 0.15) is 0 Å². The minimum Gasteiger partial charge on any atom is -0.380 e. The summed E-state index contributed by atoms with van der Waals surface area (Å²) in [6.07, 6.45) is 3.91. The Balaban J connectivity index is 2.07. The Kier molecular flexibility index (Phi) is 3.49. The maximum Gasteiger partial charge on any atom is 0.0498 e. The summed E-state index contributed by atoms with van der Waals surface area (Å²) in [5.74, 6) is 0. The van der Waals surface area contributed by atoms with E-state index in [2.05, 4.69) is 54.3 Å². The minimum atomic E-state index is 0.818. The number of anilines is 1. The number of halogens is 2. The first-order chi connectivity index (χ1) is 7.25. The minimum absolute atomic E-state index is 0.818. The van der Waals surface area contributed by atoms with Crippen LogP contribution in [0.4, 0.5) is 5.69 Å². The molecule has 0 atom stereocenters. The van der Waals surface area contributed by atoms with Crippen molar-refractivity contribution < 1.29 is 0 Å². The first-order valence-electron chi connectivity index (χ1n) is 4.56. The predicted molar refractivity (Wildman–Crippen MR) is 70.0 cm³/mol. The SMILES string of the molecule is Brc1ccc(Br)c(NCc2cc[nH]c2)c1. The summed E-state index contributed by atoms with van der Waals surface area (Å²) >= 11 is 6.95. The van der Waals surface area contributed by atoms with Crippen LogP contribution in [0, 0.1) is 0 Å². The van der Waals surface area contributed by atoms with Crippen LogP contribution in [0.2, 0.25) is 0 Å². The number of rotatable bonds is 3. The van der Waals surface area contributed by atoms with Crippen molar-refractivity contribution in [3.05, 3.63) is 51.2 Å². The van der Waals surface area contributed by atoms with E-state index in [1.807, 2.05) is 24.5 Å². The molecule has 0 aliphatic carbocycles. The zero-order valence-electron chi connectivity index (χ0n) is 7.93. The molecule has 4 heteroatoms. The summed E-state index contributed by atoms with van der Waals surface area (Å²) in [7, 11) is 0. The second-order valence-electron chi connectivity index (χ2n) is 3.20. The molecule has 2 nitrogen and oxygen atoms in total. The maximum atomic E-state index is 3.50. The number of benzene rings is 1. The Bertz CT molecular complexity index is 438. The predicted octanol–water partition coefficient (Wildman–Crippen LogP) is 4.15. The van der Waals surface area contributed by atoms with E-state index >= 15 is 0 Å². The van der Waals surface area contributed by atoms with E-state index in [0.717, 1.165) is 21.2 Å². The first-order valence-corrected chi connectivity index (χ1v) is 6.15. The molecule has 15 heavy (non-hydrogen) atoms. The van der Waals surface area contributed by atoms with Crippen molar-refractivity contribution >= 4 is 37.5 Å². The molecule has 2 rings (SSSR count). The molecule has 0 unspecified atom stereocenters. The number of hydrogen-bond acceptors (Lipinski definition) is 1. The third-order valence-corrected chi connectivity index (χ3v) is 3.26. The zero-order chi connectivity index (χ0) is 10.7. The van der Waals surface area contributed by atoms with Crippen molar-refractivity contribution in [2.24, 2.45) is 0 Å². The summed E-state index contributed by atoms with van der Waals surface area (Å²) in [5.41, 5.74) is 2.33. The highest BCUT2D eigenvalue weighted by Crippen LogP contribution is 2.26. The number of aromatic amines is 1. The van der Waals surface area contributed by atoms with E-state index in [1.54, 1.807) is 0 Å². The van der Waals surface area contributed by atoms with Gasteiger partial charge in [0, 0.05) is 33.6 Å². The average molecular weight is 330 g/mol. The Morgan fingerprint density at radius 3 is 2.80 bits per heavy atom. The van der Waals surface area contributed by atoms with Gasteiger partial charge in [-0.05, 0) is 45.8 Å². The fourth-order valence-electron chi connectivity index (χ4n) is 1.30. The van der Waals surface area contributed by atoms with Crippen LogP contribution >= 0.6 is 31.9 Å². The Morgan fingerprint density at radius 2 is 2.07 bits per heavy atom. The lowest BCUT2D eigenvalue weighted by molar-refractivity contribution is 1.15. The molecule has 0 amide bonds. The standard InChI is InChI=1S/C11H10Br2N2/c12-9-1-2-10(13)11(5-9)15-7-8-3-4-14-6-8/h1-6,14-15H,7H2. The van der Waals surface area contributed by atoms with Crippen LogP contribution in [0.25, 0.3) is 0 Å². The topological polar surface area (TPSA) is 27.8 Å². The van der Waals surface area contributed by atoms with Crippen molar-refractivity contribution in [2.45, 2.75) is 6.54 Å². The van der Waals surface area contributed by atoms with Crippen molar-refractivity contribution in [3.8, 4) is 0 Å². The van der Waals surface area contributed by atoms with Crippen LogP contribution in [-0.2, 0) is 6.54 Å². The summed E-state index contributed by atoms with van der Waals surface area (Å²) in [6, 6.07) is 8.13. The van der Waals surface area contributed by atoms with E-state index in [1.165, 1.54) is 5.56 Å². The molecular formula is C11H10Br2N2. The first kappa shape index (κ1) is 10.8. The molecule has 0 saturated carbocycles. The Hall–Kier alpha value is -0.740. The molecule has 0 aliphatic heterocycles. The molecular weight excluding hydrogens is 320 g/mol. The molecule has 1 aromatic carbocycles. The highest BCUT2D eigenvalue weighted by atomic mass is 79.9. The third kappa shape index (κ3) is 2.86. The highest BCUT2D eigenvalue weighted by molar-refractivity contribution is 9.11. The fraction of sp³-hybridized carbons (Fsp3) is 0.0909. The highest BCUT2D eigenvalue weighted by Gasteiger charge is 2.00. The van der Waals surface area contributed by atoms with E-state index < -0.39 is 0 Å². The molecule has 78 valence electrons. The largest absolute Gasteiger partial charge is 0.380 e. The van der Waals surface area contributed by atoms with Gasteiger partial charge in [-0.2, -0.15) is 0 Å². The van der Waals surface area contributed by atoms with Gasteiger partial charge in [-0.3, -0.25) is 0 Å². The average Bonchev–Trinajstić information content (AvgIpc) is 2.72. The number of aromatic nitrogens is 1. The summed E-state index contributed by atoms with van der Waals surface area (Å²) in [5, 5.41) is 3.36. The molecule has 0 fully saturated rings. The number of hydrogen-bond donors (Lipinski definition) is 2. The van der Waals surface area contributed by atoms with Crippen LogP contribution in [-0.4, -0.2) is 4.98 Å². The monoisotopic (exact) mass is 328 g/mol. The van der Waals surface area contributed by atoms with E-state index in [0.29, 0.717) is 0 Å². The normalized spacial score (nSPS) is 10.3. The Labute approximate surface area is 105 Å². The van der Waals surface area contributed by atoms with E-state index in [-0.39, 0.29) is 0 Å². The number of H-pyrrole nitrogens is 1. The van der Waals surface area contributed by atoms with Gasteiger partial charge >= 0.3 is 0 Å². The molecule has 0 spiro atoms. The lowest BCUT2D eigenvalue weighted by Gasteiger charge is -2.07. The fourth-order valence-corrected chi connectivity index (χ4v) is 2.05. The second kappa shape index (κ2) is 4.86. The molecule has 1 aromatic heterocycles. The molecule has 0 aliphatic rings. The van der Waals surface area contributed by atoms with Gasteiger partial charge in [0.25, 0.3) is 0 Å². The maximum absolute atomic E-state index is 3.50. The van der Waals surface area contributed by atoms with Gasteiger partial charge in [0.15, 0.2) is 0 Å². The molecule has 1 heterocycles. The zero-order valence-corrected chi connectivity index (χ0v) is 11.1. The van der Waals surface area contributed by atoms with Crippen LogP contribution < -0.4 is 5.32 Å². The van der Waals surface area contributed by atoms with E-state index in [4.69, 9.17) is 0 Å². The van der Waals surface area contributed by atoms with Crippen molar-refractivity contribution in [1.82, 2.24) is 4.98 Å². The van der Waals surface area contributed by atoms with Gasteiger partial charge in [-0.1, -0.05) is 15.9 Å². The van der Waals surface area contributed by atoms with E-state index in [9.17, 15) is 0 Å². The summed E-state index contributed by atoms with van der Waals surface area (Å²) in [6.45, 7) is 0.818. The van der Waals surface area contributed by atoms with Crippen molar-refractivity contribution in [3.63, 3.8) is 0 Å². The molecule has 0 bridgehead atoms. The second-order valence-corrected chi connectivity index (χ2v) is 4.97. The summed E-state index contributed by atoms with van der Waals surface area (Å²) in [4.78, 5) is 3.03. The third-order valence-electron chi connectivity index (χ3n) is 2.07. The summed E-state index contributed by atoms with van der Waals surface area (Å²) < 4.78 is 2.14. The van der Waals surface area contributed by atoms with Crippen LogP contribution in [0.5, 0.6) is 0 Å².